The summed E-state index contributed by atoms with van der Waals surface area (Å²) in [6.07, 6.45) is 7.19. The van der Waals surface area contributed by atoms with Crippen molar-refractivity contribution in [2.75, 3.05) is 6.54 Å². The molecule has 4 heteroatoms. The summed E-state index contributed by atoms with van der Waals surface area (Å²) in [5.41, 5.74) is 8.65. The highest BCUT2D eigenvalue weighted by atomic mass is 16.1. The van der Waals surface area contributed by atoms with Gasteiger partial charge in [0.25, 0.3) is 0 Å². The summed E-state index contributed by atoms with van der Waals surface area (Å²) in [7, 11) is 0. The number of fused-ring (bicyclic) bond motifs is 1. The number of amides is 1. The van der Waals surface area contributed by atoms with Gasteiger partial charge >= 0.3 is 0 Å². The number of Topliss-reactive ketones (excluding diaryl/α,β-unsaturated/α-hetero) is 1. The number of piperidine rings is 1. The maximum Gasteiger partial charge on any atom is 0.248 e. The molecule has 0 aromatic heterocycles. The average molecular weight is 352 g/mol. The third-order valence-electron chi connectivity index (χ3n) is 7.85. The Morgan fingerprint density at radius 3 is 2.85 bits per heavy atom. The molecular weight excluding hydrogens is 324 g/mol. The number of carbonyl (C=O) groups excluding carboxylic acids is 2. The molecule has 1 aromatic carbocycles. The first-order valence-electron chi connectivity index (χ1n) is 10.2. The summed E-state index contributed by atoms with van der Waals surface area (Å²) in [5.74, 6) is 1.42. The van der Waals surface area contributed by atoms with Crippen LogP contribution in [0.3, 0.4) is 0 Å². The van der Waals surface area contributed by atoms with Crippen LogP contribution in [-0.4, -0.2) is 35.2 Å². The molecule has 1 saturated heterocycles. The summed E-state index contributed by atoms with van der Waals surface area (Å²) >= 11 is 0. The van der Waals surface area contributed by atoms with Gasteiger partial charge in [-0.25, -0.2) is 0 Å². The van der Waals surface area contributed by atoms with E-state index in [9.17, 15) is 9.59 Å². The second kappa shape index (κ2) is 5.66. The van der Waals surface area contributed by atoms with Crippen molar-refractivity contribution >= 4 is 11.7 Å². The minimum Gasteiger partial charge on any atom is -0.366 e. The molecule has 4 aliphatic rings. The van der Waals surface area contributed by atoms with Crippen molar-refractivity contribution < 1.29 is 9.59 Å². The van der Waals surface area contributed by atoms with Crippen LogP contribution in [-0.2, 0) is 16.6 Å². The molecule has 2 saturated carbocycles. The van der Waals surface area contributed by atoms with Gasteiger partial charge in [0.15, 0.2) is 0 Å². The van der Waals surface area contributed by atoms with E-state index in [-0.39, 0.29) is 11.3 Å². The van der Waals surface area contributed by atoms with E-state index in [1.54, 1.807) is 0 Å². The predicted octanol–water partition coefficient (Wildman–Crippen LogP) is 2.82. The van der Waals surface area contributed by atoms with Crippen LogP contribution in [0.2, 0.25) is 0 Å². The first kappa shape index (κ1) is 16.5. The van der Waals surface area contributed by atoms with Gasteiger partial charge < -0.3 is 5.73 Å². The van der Waals surface area contributed by atoms with Gasteiger partial charge in [0.2, 0.25) is 5.91 Å². The first-order valence-corrected chi connectivity index (χ1v) is 10.2. The fourth-order valence-corrected chi connectivity index (χ4v) is 6.36. The van der Waals surface area contributed by atoms with E-state index >= 15 is 0 Å². The van der Waals surface area contributed by atoms with Gasteiger partial charge in [0.05, 0.1) is 0 Å². The van der Waals surface area contributed by atoms with Gasteiger partial charge in [-0.3, -0.25) is 14.5 Å². The lowest BCUT2D eigenvalue weighted by Gasteiger charge is -2.60. The second-order valence-electron chi connectivity index (χ2n) is 9.09. The zero-order valence-corrected chi connectivity index (χ0v) is 15.5. The maximum absolute atomic E-state index is 12.5. The fraction of sp³-hybridized carbons (Fsp3) is 0.636. The third-order valence-corrected chi connectivity index (χ3v) is 7.85. The molecule has 0 radical (unpaired) electrons. The Kier molecular flexibility index (Phi) is 3.59. The highest BCUT2D eigenvalue weighted by Gasteiger charge is 2.56. The van der Waals surface area contributed by atoms with E-state index in [1.165, 1.54) is 24.0 Å². The summed E-state index contributed by atoms with van der Waals surface area (Å²) in [4.78, 5) is 27.0. The van der Waals surface area contributed by atoms with Crippen LogP contribution in [0.1, 0.15) is 66.9 Å². The molecule has 1 amide bonds. The zero-order valence-electron chi connectivity index (χ0n) is 15.5. The molecule has 26 heavy (non-hydrogen) atoms. The van der Waals surface area contributed by atoms with Crippen molar-refractivity contribution in [1.82, 2.24) is 4.90 Å². The number of nitrogens with zero attached hydrogens (tertiary/aromatic N) is 1. The van der Waals surface area contributed by atoms with Crippen molar-refractivity contribution in [1.29, 1.82) is 0 Å². The molecule has 4 nitrogen and oxygen atoms in total. The Morgan fingerprint density at radius 2 is 2.12 bits per heavy atom. The molecule has 1 aliphatic heterocycles. The highest BCUT2D eigenvalue weighted by Crippen LogP contribution is 2.56. The Bertz CT molecular complexity index is 784. The van der Waals surface area contributed by atoms with Gasteiger partial charge in [-0.05, 0) is 80.7 Å². The number of hydrogen-bond donors (Lipinski definition) is 1. The van der Waals surface area contributed by atoms with Crippen molar-refractivity contribution in [2.24, 2.45) is 17.6 Å². The summed E-state index contributed by atoms with van der Waals surface area (Å²) in [5, 5.41) is 0. The number of hydrogen-bond acceptors (Lipinski definition) is 3. The molecule has 2 N–H and O–H groups in total. The van der Waals surface area contributed by atoms with Gasteiger partial charge in [-0.2, -0.15) is 0 Å². The largest absolute Gasteiger partial charge is 0.366 e. The molecule has 2 bridgehead atoms. The van der Waals surface area contributed by atoms with Crippen LogP contribution in [0.4, 0.5) is 0 Å². The number of carbonyl (C=O) groups is 2. The van der Waals surface area contributed by atoms with E-state index in [2.05, 4.69) is 17.9 Å². The maximum atomic E-state index is 12.5. The lowest BCUT2D eigenvalue weighted by atomic mass is 9.52. The van der Waals surface area contributed by atoms with Crippen molar-refractivity contribution in [3.05, 3.63) is 34.9 Å². The van der Waals surface area contributed by atoms with Gasteiger partial charge in [-0.15, -0.1) is 0 Å². The van der Waals surface area contributed by atoms with E-state index in [1.807, 2.05) is 12.1 Å². The summed E-state index contributed by atoms with van der Waals surface area (Å²) in [6, 6.07) is 7.18. The molecule has 1 unspecified atom stereocenters. The number of nitrogens with two attached hydrogens (primary N) is 1. The first-order chi connectivity index (χ1) is 12.5. The van der Waals surface area contributed by atoms with Crippen molar-refractivity contribution in [2.45, 2.75) is 69.4 Å². The topological polar surface area (TPSA) is 63.4 Å². The van der Waals surface area contributed by atoms with E-state index < -0.39 is 0 Å². The molecule has 0 spiro atoms. The molecule has 138 valence electrons. The predicted molar refractivity (Wildman–Crippen MR) is 100.0 cm³/mol. The molecule has 1 aromatic rings. The number of benzene rings is 1. The molecular formula is C22H28N2O2. The van der Waals surface area contributed by atoms with Crippen LogP contribution in [0.15, 0.2) is 18.2 Å². The smallest absolute Gasteiger partial charge is 0.248 e. The van der Waals surface area contributed by atoms with Crippen LogP contribution >= 0.6 is 0 Å². The van der Waals surface area contributed by atoms with Crippen LogP contribution < -0.4 is 5.73 Å². The van der Waals surface area contributed by atoms with E-state index in [0.29, 0.717) is 35.8 Å². The summed E-state index contributed by atoms with van der Waals surface area (Å²) in [6.45, 7) is 3.48. The van der Waals surface area contributed by atoms with Crippen LogP contribution in [0.5, 0.6) is 0 Å². The minimum atomic E-state index is -0.371. The molecule has 3 aliphatic carbocycles. The van der Waals surface area contributed by atoms with Crippen molar-refractivity contribution in [3.8, 4) is 0 Å². The van der Waals surface area contributed by atoms with Gasteiger partial charge in [-0.1, -0.05) is 6.07 Å². The van der Waals surface area contributed by atoms with Gasteiger partial charge in [0.1, 0.15) is 5.78 Å². The zero-order chi connectivity index (χ0) is 18.1. The highest BCUT2D eigenvalue weighted by molar-refractivity contribution is 5.93. The number of ketones is 1. The minimum absolute atomic E-state index is 0.0706. The standard InChI is InChI=1S/C22H28N2O2/c1-13(14-2-3-14)24-9-8-22-12-17(25)6-7-18(22)20(24)11-15-4-5-16(21(23)26)10-19(15)22/h4-5,10,13-14,18,20H,2-3,6-9,11-12H2,1H3,(H2,23,26)/t13-,18-,20?,22-/m0/s1. The molecule has 1 heterocycles. The molecule has 5 rings (SSSR count). The second-order valence-corrected chi connectivity index (χ2v) is 9.09. The Labute approximate surface area is 155 Å². The number of likely N-dealkylation sites (tertiary alicyclic amines) is 1. The summed E-state index contributed by atoms with van der Waals surface area (Å²) < 4.78 is 0. The van der Waals surface area contributed by atoms with Crippen LogP contribution in [0.25, 0.3) is 0 Å². The third kappa shape index (κ3) is 2.31. The number of primary amides is 1. The normalized spacial score (nSPS) is 34.7. The molecule has 3 fully saturated rings. The van der Waals surface area contributed by atoms with Crippen LogP contribution in [0, 0.1) is 11.8 Å². The van der Waals surface area contributed by atoms with Crippen molar-refractivity contribution in [3.63, 3.8) is 0 Å². The Morgan fingerprint density at radius 1 is 1.31 bits per heavy atom. The van der Waals surface area contributed by atoms with Gasteiger partial charge in [0, 0.05) is 35.9 Å². The average Bonchev–Trinajstić information content (AvgIpc) is 3.45. The molecule has 4 atom stereocenters. The quantitative estimate of drug-likeness (QED) is 0.910. The fourth-order valence-electron chi connectivity index (χ4n) is 6.36. The SMILES string of the molecule is C[C@@H](C1CC1)N1CC[C@]23CC(=O)CC[C@H]2C1Cc1ccc(C(N)=O)cc13. The van der Waals surface area contributed by atoms with E-state index in [0.717, 1.165) is 38.1 Å². The Balaban J connectivity index is 1.61. The monoisotopic (exact) mass is 352 g/mol. The Hall–Kier alpha value is -1.68. The lowest BCUT2D eigenvalue weighted by molar-refractivity contribution is -0.128. The number of rotatable bonds is 3. The lowest BCUT2D eigenvalue weighted by Crippen LogP contribution is -2.63. The van der Waals surface area contributed by atoms with E-state index in [4.69, 9.17) is 5.73 Å².